The van der Waals surface area contributed by atoms with Gasteiger partial charge in [0.15, 0.2) is 6.61 Å². The van der Waals surface area contributed by atoms with E-state index in [1.54, 1.807) is 13.1 Å². The van der Waals surface area contributed by atoms with Gasteiger partial charge < -0.3 is 9.64 Å². The molecule has 0 spiro atoms. The van der Waals surface area contributed by atoms with Gasteiger partial charge in [-0.3, -0.25) is 4.79 Å². The standard InChI is InChI=1S/C31H24N2O3/c1-33(25-12-6-3-7-13-25)30(34)21-36-31(35)27-20-29(32-28-15-9-8-14-26(27)28)24-18-16-23(17-19-24)22-10-4-2-5-11-22/h2-20H,21H2,1H3. The van der Waals surface area contributed by atoms with E-state index in [0.717, 1.165) is 22.4 Å². The molecule has 5 rings (SSSR count). The van der Waals surface area contributed by atoms with Crippen molar-refractivity contribution in [2.24, 2.45) is 0 Å². The fourth-order valence-electron chi connectivity index (χ4n) is 4.05. The number of fused-ring (bicyclic) bond motifs is 1. The Hall–Kier alpha value is -4.77. The van der Waals surface area contributed by atoms with Crippen molar-refractivity contribution in [1.29, 1.82) is 0 Å². The molecule has 0 aliphatic rings. The minimum absolute atomic E-state index is 0.315. The first-order chi connectivity index (χ1) is 17.6. The number of rotatable bonds is 6. The molecule has 0 saturated carbocycles. The van der Waals surface area contributed by atoms with Crippen LogP contribution in [0.15, 0.2) is 115 Å². The predicted molar refractivity (Wildman–Crippen MR) is 143 cm³/mol. The second kappa shape index (κ2) is 10.2. The number of benzene rings is 4. The van der Waals surface area contributed by atoms with Gasteiger partial charge in [0.05, 0.1) is 16.8 Å². The molecule has 1 amide bonds. The summed E-state index contributed by atoms with van der Waals surface area (Å²) < 4.78 is 5.45. The summed E-state index contributed by atoms with van der Waals surface area (Å²) in [4.78, 5) is 32.0. The molecule has 1 heterocycles. The number of amides is 1. The van der Waals surface area contributed by atoms with Gasteiger partial charge in [0, 0.05) is 23.7 Å². The van der Waals surface area contributed by atoms with Crippen molar-refractivity contribution in [3.8, 4) is 22.4 Å². The summed E-state index contributed by atoms with van der Waals surface area (Å²) in [5.74, 6) is -0.879. The molecule has 0 aliphatic heterocycles. The molecule has 5 aromatic rings. The number of pyridine rings is 1. The Morgan fingerprint density at radius 3 is 2.03 bits per heavy atom. The zero-order valence-electron chi connectivity index (χ0n) is 19.8. The first-order valence-corrected chi connectivity index (χ1v) is 11.6. The summed E-state index contributed by atoms with van der Waals surface area (Å²) in [5.41, 5.74) is 5.56. The predicted octanol–water partition coefficient (Wildman–Crippen LogP) is 6.39. The highest BCUT2D eigenvalue weighted by Crippen LogP contribution is 2.28. The van der Waals surface area contributed by atoms with Gasteiger partial charge in [-0.1, -0.05) is 91.0 Å². The summed E-state index contributed by atoms with van der Waals surface area (Å²) in [7, 11) is 1.66. The molecule has 0 aliphatic carbocycles. The number of carbonyl (C=O) groups is 2. The van der Waals surface area contributed by atoms with E-state index in [0.29, 0.717) is 22.2 Å². The lowest BCUT2D eigenvalue weighted by Crippen LogP contribution is -2.31. The molecule has 5 nitrogen and oxygen atoms in total. The summed E-state index contributed by atoms with van der Waals surface area (Å²) >= 11 is 0. The number of likely N-dealkylation sites (N-methyl/N-ethyl adjacent to an activating group) is 1. The van der Waals surface area contributed by atoms with Crippen LogP contribution in [0.25, 0.3) is 33.3 Å². The highest BCUT2D eigenvalue weighted by Gasteiger charge is 2.18. The highest BCUT2D eigenvalue weighted by molar-refractivity contribution is 6.05. The lowest BCUT2D eigenvalue weighted by molar-refractivity contribution is -0.121. The van der Waals surface area contributed by atoms with Crippen LogP contribution in [0.5, 0.6) is 0 Å². The van der Waals surface area contributed by atoms with Crippen LogP contribution < -0.4 is 4.90 Å². The van der Waals surface area contributed by atoms with Gasteiger partial charge in [-0.15, -0.1) is 0 Å². The minimum Gasteiger partial charge on any atom is -0.452 e. The Balaban J connectivity index is 1.40. The summed E-state index contributed by atoms with van der Waals surface area (Å²) in [6, 6.07) is 36.6. The number of hydrogen-bond acceptors (Lipinski definition) is 4. The summed E-state index contributed by atoms with van der Waals surface area (Å²) in [6.45, 7) is -0.359. The van der Waals surface area contributed by atoms with Crippen molar-refractivity contribution < 1.29 is 14.3 Å². The Morgan fingerprint density at radius 1 is 0.722 bits per heavy atom. The number of nitrogens with zero attached hydrogens (tertiary/aromatic N) is 2. The van der Waals surface area contributed by atoms with Crippen molar-refractivity contribution in [2.75, 3.05) is 18.6 Å². The first-order valence-electron chi connectivity index (χ1n) is 11.6. The number of para-hydroxylation sites is 2. The second-order valence-corrected chi connectivity index (χ2v) is 8.38. The number of ether oxygens (including phenoxy) is 1. The van der Waals surface area contributed by atoms with E-state index >= 15 is 0 Å². The van der Waals surface area contributed by atoms with Crippen molar-refractivity contribution in [2.45, 2.75) is 0 Å². The number of esters is 1. The number of hydrogen-bond donors (Lipinski definition) is 0. The molecule has 176 valence electrons. The third-order valence-corrected chi connectivity index (χ3v) is 6.07. The fourth-order valence-corrected chi connectivity index (χ4v) is 4.05. The van der Waals surface area contributed by atoms with Crippen LogP contribution in [0.2, 0.25) is 0 Å². The molecule has 0 bridgehead atoms. The molecule has 5 heteroatoms. The molecule has 4 aromatic carbocycles. The zero-order chi connectivity index (χ0) is 24.9. The average Bonchev–Trinajstić information content (AvgIpc) is 2.95. The minimum atomic E-state index is -0.564. The fraction of sp³-hybridized carbons (Fsp3) is 0.0645. The molecule has 0 N–H and O–H groups in total. The largest absolute Gasteiger partial charge is 0.452 e. The molecule has 36 heavy (non-hydrogen) atoms. The van der Waals surface area contributed by atoms with E-state index in [2.05, 4.69) is 12.1 Å². The third kappa shape index (κ3) is 4.86. The Kier molecular flexibility index (Phi) is 6.54. The van der Waals surface area contributed by atoms with E-state index in [1.807, 2.05) is 97.1 Å². The Morgan fingerprint density at radius 2 is 1.31 bits per heavy atom. The molecule has 0 unspecified atom stereocenters. The number of carbonyl (C=O) groups excluding carboxylic acids is 2. The molecule has 0 atom stereocenters. The molecular weight excluding hydrogens is 448 g/mol. The molecular formula is C31H24N2O3. The highest BCUT2D eigenvalue weighted by atomic mass is 16.5. The quantitative estimate of drug-likeness (QED) is 0.269. The van der Waals surface area contributed by atoms with Crippen LogP contribution in [-0.4, -0.2) is 30.5 Å². The van der Waals surface area contributed by atoms with Crippen LogP contribution >= 0.6 is 0 Å². The first kappa shape index (κ1) is 23.0. The zero-order valence-corrected chi connectivity index (χ0v) is 19.8. The van der Waals surface area contributed by atoms with Crippen molar-refractivity contribution >= 4 is 28.5 Å². The van der Waals surface area contributed by atoms with Crippen LogP contribution in [0.4, 0.5) is 5.69 Å². The second-order valence-electron chi connectivity index (χ2n) is 8.38. The van der Waals surface area contributed by atoms with E-state index in [1.165, 1.54) is 4.90 Å². The average molecular weight is 473 g/mol. The van der Waals surface area contributed by atoms with Gasteiger partial charge in [-0.25, -0.2) is 9.78 Å². The molecule has 0 saturated heterocycles. The Bertz CT molecular complexity index is 1510. The maximum absolute atomic E-state index is 13.1. The van der Waals surface area contributed by atoms with Crippen molar-refractivity contribution in [3.63, 3.8) is 0 Å². The lowest BCUT2D eigenvalue weighted by Gasteiger charge is -2.17. The molecule has 0 radical (unpaired) electrons. The van der Waals surface area contributed by atoms with Gasteiger partial charge in [-0.05, 0) is 35.4 Å². The van der Waals surface area contributed by atoms with Crippen LogP contribution in [0.3, 0.4) is 0 Å². The Labute approximate surface area is 209 Å². The van der Waals surface area contributed by atoms with Crippen LogP contribution in [0.1, 0.15) is 10.4 Å². The topological polar surface area (TPSA) is 59.5 Å². The number of anilines is 1. The smallest absolute Gasteiger partial charge is 0.339 e. The summed E-state index contributed by atoms with van der Waals surface area (Å²) in [6.07, 6.45) is 0. The van der Waals surface area contributed by atoms with Gasteiger partial charge >= 0.3 is 5.97 Å². The summed E-state index contributed by atoms with van der Waals surface area (Å²) in [5, 5.41) is 0.677. The maximum atomic E-state index is 13.1. The van der Waals surface area contributed by atoms with Crippen LogP contribution in [0, 0.1) is 0 Å². The van der Waals surface area contributed by atoms with Gasteiger partial charge in [0.2, 0.25) is 0 Å². The normalized spacial score (nSPS) is 10.7. The van der Waals surface area contributed by atoms with Gasteiger partial charge in [0.1, 0.15) is 0 Å². The van der Waals surface area contributed by atoms with E-state index in [9.17, 15) is 9.59 Å². The number of aromatic nitrogens is 1. The van der Waals surface area contributed by atoms with Gasteiger partial charge in [0.25, 0.3) is 5.91 Å². The van der Waals surface area contributed by atoms with Crippen LogP contribution in [-0.2, 0) is 9.53 Å². The molecule has 1 aromatic heterocycles. The van der Waals surface area contributed by atoms with Crippen molar-refractivity contribution in [3.05, 3.63) is 121 Å². The molecule has 0 fully saturated rings. The van der Waals surface area contributed by atoms with E-state index in [-0.39, 0.29) is 12.5 Å². The SMILES string of the molecule is CN(C(=O)COC(=O)c1cc(-c2ccc(-c3ccccc3)cc2)nc2ccccc12)c1ccccc1. The van der Waals surface area contributed by atoms with E-state index in [4.69, 9.17) is 9.72 Å². The van der Waals surface area contributed by atoms with E-state index < -0.39 is 5.97 Å². The van der Waals surface area contributed by atoms with Crippen molar-refractivity contribution in [1.82, 2.24) is 4.98 Å². The van der Waals surface area contributed by atoms with Gasteiger partial charge in [-0.2, -0.15) is 0 Å². The maximum Gasteiger partial charge on any atom is 0.339 e. The third-order valence-electron chi connectivity index (χ3n) is 6.07. The lowest BCUT2D eigenvalue weighted by atomic mass is 10.0. The monoisotopic (exact) mass is 472 g/mol.